The zero-order valence-corrected chi connectivity index (χ0v) is 14.3. The first kappa shape index (κ1) is 15.7. The van der Waals surface area contributed by atoms with Crippen LogP contribution in [0.4, 0.5) is 0 Å². The molecule has 112 valence electrons. The van der Waals surface area contributed by atoms with Crippen LogP contribution in [0.1, 0.15) is 57.1 Å². The Morgan fingerprint density at radius 2 is 2.25 bits per heavy atom. The summed E-state index contributed by atoms with van der Waals surface area (Å²) in [7, 11) is 0. The summed E-state index contributed by atoms with van der Waals surface area (Å²) >= 11 is 3.48. The Morgan fingerprint density at radius 1 is 1.55 bits per heavy atom. The van der Waals surface area contributed by atoms with Crippen LogP contribution in [0.2, 0.25) is 0 Å². The van der Waals surface area contributed by atoms with E-state index in [0.29, 0.717) is 11.6 Å². The molecule has 0 spiro atoms. The number of carbonyl (C=O) groups excluding carboxylic acids is 1. The standard InChI is InChI=1S/C15H24BrN3O/c1-10(2)19-13(12(16)9-18-19)14(20)15(3,4)11-6-5-7-17-8-11/h9-11,17H,5-8H2,1-4H3. The summed E-state index contributed by atoms with van der Waals surface area (Å²) in [5.41, 5.74) is 0.332. The molecule has 1 atom stereocenters. The molecule has 1 aromatic rings. The highest BCUT2D eigenvalue weighted by atomic mass is 79.9. The minimum Gasteiger partial charge on any atom is -0.316 e. The van der Waals surface area contributed by atoms with Crippen LogP contribution in [-0.2, 0) is 0 Å². The predicted molar refractivity (Wildman–Crippen MR) is 84.0 cm³/mol. The summed E-state index contributed by atoms with van der Waals surface area (Å²) in [4.78, 5) is 13.1. The maximum Gasteiger partial charge on any atom is 0.187 e. The fourth-order valence-corrected chi connectivity index (χ4v) is 3.36. The van der Waals surface area contributed by atoms with Crippen LogP contribution in [-0.4, -0.2) is 28.7 Å². The molecule has 0 aromatic carbocycles. The topological polar surface area (TPSA) is 46.9 Å². The Balaban J connectivity index is 2.32. The van der Waals surface area contributed by atoms with Crippen molar-refractivity contribution in [2.75, 3.05) is 13.1 Å². The minimum atomic E-state index is -0.372. The molecule has 0 bridgehead atoms. The number of nitrogens with zero attached hydrogens (tertiary/aromatic N) is 2. The average Bonchev–Trinajstić information content (AvgIpc) is 2.80. The summed E-state index contributed by atoms with van der Waals surface area (Å²) in [5.74, 6) is 0.565. The number of nitrogens with one attached hydrogen (secondary N) is 1. The van der Waals surface area contributed by atoms with Gasteiger partial charge >= 0.3 is 0 Å². The lowest BCUT2D eigenvalue weighted by Crippen LogP contribution is -2.43. The Kier molecular flexibility index (Phi) is 4.69. The number of halogens is 1. The van der Waals surface area contributed by atoms with Crippen LogP contribution >= 0.6 is 15.9 Å². The third kappa shape index (κ3) is 2.84. The van der Waals surface area contributed by atoms with Crippen LogP contribution in [0.3, 0.4) is 0 Å². The second-order valence-electron chi connectivity index (χ2n) is 6.47. The zero-order chi connectivity index (χ0) is 14.9. The number of rotatable bonds is 4. The highest BCUT2D eigenvalue weighted by molar-refractivity contribution is 9.10. The highest BCUT2D eigenvalue weighted by Gasteiger charge is 2.40. The van der Waals surface area contributed by atoms with Crippen LogP contribution in [0.25, 0.3) is 0 Å². The van der Waals surface area contributed by atoms with Gasteiger partial charge in [-0.3, -0.25) is 9.48 Å². The fourth-order valence-electron chi connectivity index (χ4n) is 2.90. The lowest BCUT2D eigenvalue weighted by atomic mass is 9.71. The van der Waals surface area contributed by atoms with Crippen LogP contribution in [0.15, 0.2) is 10.7 Å². The number of carbonyl (C=O) groups is 1. The lowest BCUT2D eigenvalue weighted by Gasteiger charge is -2.36. The molecule has 20 heavy (non-hydrogen) atoms. The van der Waals surface area contributed by atoms with Gasteiger partial charge in [0, 0.05) is 11.5 Å². The van der Waals surface area contributed by atoms with Crippen molar-refractivity contribution in [3.8, 4) is 0 Å². The van der Waals surface area contributed by atoms with E-state index in [1.165, 1.54) is 0 Å². The Bertz CT molecular complexity index is 487. The molecule has 1 aliphatic rings. The molecule has 0 radical (unpaired) electrons. The SMILES string of the molecule is CC(C)n1ncc(Br)c1C(=O)C(C)(C)C1CCCNC1. The van der Waals surface area contributed by atoms with Gasteiger partial charge in [-0.05, 0) is 61.6 Å². The molecule has 5 heteroatoms. The molecule has 1 N–H and O–H groups in total. The van der Waals surface area contributed by atoms with Crippen molar-refractivity contribution < 1.29 is 4.79 Å². The lowest BCUT2D eigenvalue weighted by molar-refractivity contribution is 0.0693. The van der Waals surface area contributed by atoms with Crippen LogP contribution in [0, 0.1) is 11.3 Å². The van der Waals surface area contributed by atoms with E-state index >= 15 is 0 Å². The van der Waals surface area contributed by atoms with Gasteiger partial charge in [0.05, 0.1) is 10.7 Å². The second kappa shape index (κ2) is 5.98. The first-order chi connectivity index (χ1) is 9.35. The van der Waals surface area contributed by atoms with Gasteiger partial charge in [-0.25, -0.2) is 0 Å². The van der Waals surface area contributed by atoms with Crippen molar-refractivity contribution in [1.82, 2.24) is 15.1 Å². The third-order valence-corrected chi connectivity index (χ3v) is 4.94. The van der Waals surface area contributed by atoms with E-state index in [0.717, 1.165) is 30.4 Å². The van der Waals surface area contributed by atoms with Crippen LogP contribution < -0.4 is 5.32 Å². The third-order valence-electron chi connectivity index (χ3n) is 4.36. The van der Waals surface area contributed by atoms with Crippen LogP contribution in [0.5, 0.6) is 0 Å². The molecule has 2 rings (SSSR count). The number of hydrogen-bond acceptors (Lipinski definition) is 3. The van der Waals surface area contributed by atoms with E-state index in [-0.39, 0.29) is 17.2 Å². The van der Waals surface area contributed by atoms with E-state index < -0.39 is 0 Å². The smallest absolute Gasteiger partial charge is 0.187 e. The van der Waals surface area contributed by atoms with Crippen molar-refractivity contribution in [2.24, 2.45) is 11.3 Å². The van der Waals surface area contributed by atoms with Gasteiger partial charge in [-0.15, -0.1) is 0 Å². The van der Waals surface area contributed by atoms with Crippen molar-refractivity contribution in [2.45, 2.75) is 46.6 Å². The fraction of sp³-hybridized carbons (Fsp3) is 0.733. The molecule has 1 aromatic heterocycles. The first-order valence-corrected chi connectivity index (χ1v) is 8.13. The first-order valence-electron chi connectivity index (χ1n) is 7.34. The number of ketones is 1. The normalized spacial score (nSPS) is 20.4. The summed E-state index contributed by atoms with van der Waals surface area (Å²) in [6.45, 7) is 10.2. The molecule has 2 heterocycles. The van der Waals surface area contributed by atoms with Gasteiger partial charge in [0.25, 0.3) is 0 Å². The maximum absolute atomic E-state index is 13.1. The zero-order valence-electron chi connectivity index (χ0n) is 12.7. The van der Waals surface area contributed by atoms with Gasteiger partial charge < -0.3 is 5.32 Å². The van der Waals surface area contributed by atoms with Crippen molar-refractivity contribution in [1.29, 1.82) is 0 Å². The molecule has 0 aliphatic carbocycles. The average molecular weight is 342 g/mol. The molecule has 0 saturated carbocycles. The van der Waals surface area contributed by atoms with E-state index in [2.05, 4.69) is 40.2 Å². The predicted octanol–water partition coefficient (Wildman–Crippen LogP) is 3.44. The van der Waals surface area contributed by atoms with Crippen molar-refractivity contribution in [3.63, 3.8) is 0 Å². The maximum atomic E-state index is 13.1. The summed E-state index contributed by atoms with van der Waals surface area (Å²) in [5, 5.41) is 7.74. The Hall–Kier alpha value is -0.680. The van der Waals surface area contributed by atoms with Gasteiger partial charge in [-0.1, -0.05) is 13.8 Å². The quantitative estimate of drug-likeness (QED) is 0.853. The number of hydrogen-bond donors (Lipinski definition) is 1. The van der Waals surface area contributed by atoms with Gasteiger partial charge in [0.1, 0.15) is 5.69 Å². The molecule has 1 unspecified atom stereocenters. The molecule has 0 amide bonds. The second-order valence-corrected chi connectivity index (χ2v) is 7.33. The number of piperidine rings is 1. The van der Waals surface area contributed by atoms with Crippen molar-refractivity contribution in [3.05, 3.63) is 16.4 Å². The summed E-state index contributed by atoms with van der Waals surface area (Å²) in [6, 6.07) is 0.181. The summed E-state index contributed by atoms with van der Waals surface area (Å²) < 4.78 is 2.62. The molecule has 1 aliphatic heterocycles. The van der Waals surface area contributed by atoms with E-state index in [1.807, 2.05) is 18.5 Å². The minimum absolute atomic E-state index is 0.181. The van der Waals surface area contributed by atoms with E-state index in [4.69, 9.17) is 0 Å². The van der Waals surface area contributed by atoms with Gasteiger partial charge in [0.15, 0.2) is 5.78 Å². The molecular formula is C15H24BrN3O. The molecule has 1 saturated heterocycles. The van der Waals surface area contributed by atoms with Crippen molar-refractivity contribution >= 4 is 21.7 Å². The summed E-state index contributed by atoms with van der Waals surface area (Å²) in [6.07, 6.45) is 3.98. The highest BCUT2D eigenvalue weighted by Crippen LogP contribution is 2.37. The molecule has 4 nitrogen and oxygen atoms in total. The Labute approximate surface area is 129 Å². The molecule has 1 fully saturated rings. The largest absolute Gasteiger partial charge is 0.316 e. The van der Waals surface area contributed by atoms with E-state index in [9.17, 15) is 4.79 Å². The van der Waals surface area contributed by atoms with E-state index in [1.54, 1.807) is 6.20 Å². The number of Topliss-reactive ketones (excluding diaryl/α,β-unsaturated/α-hetero) is 1. The monoisotopic (exact) mass is 341 g/mol. The van der Waals surface area contributed by atoms with Gasteiger partial charge in [0.2, 0.25) is 0 Å². The Morgan fingerprint density at radius 3 is 2.80 bits per heavy atom. The number of aromatic nitrogens is 2. The van der Waals surface area contributed by atoms with Gasteiger partial charge in [-0.2, -0.15) is 5.10 Å². The molecular weight excluding hydrogens is 318 g/mol.